The lowest BCUT2D eigenvalue weighted by Gasteiger charge is -2.35. The molecule has 2 aromatic rings. The summed E-state index contributed by atoms with van der Waals surface area (Å²) < 4.78 is 7.30. The average molecular weight is 366 g/mol. The van der Waals surface area contributed by atoms with Gasteiger partial charge in [-0.25, -0.2) is 4.98 Å². The Labute approximate surface area is 146 Å². The topological polar surface area (TPSA) is 123 Å². The molecular weight excluding hydrogens is 343 g/mol. The number of nitrogens with two attached hydrogens (primary N) is 1. The quantitative estimate of drug-likeness (QED) is 0.667. The fourth-order valence-corrected chi connectivity index (χ4v) is 4.54. The molecule has 0 aromatic carbocycles. The van der Waals surface area contributed by atoms with E-state index >= 15 is 0 Å². The van der Waals surface area contributed by atoms with E-state index in [1.54, 1.807) is 13.4 Å². The smallest absolute Gasteiger partial charge is 0.246 e. The van der Waals surface area contributed by atoms with E-state index in [4.69, 9.17) is 10.5 Å². The van der Waals surface area contributed by atoms with Crippen LogP contribution in [0.1, 0.15) is 31.7 Å². The first-order valence-corrected chi connectivity index (χ1v) is 9.71. The zero-order valence-electron chi connectivity index (χ0n) is 14.2. The van der Waals surface area contributed by atoms with Gasteiger partial charge in [0.25, 0.3) is 0 Å². The molecule has 2 fully saturated rings. The molecule has 4 N–H and O–H groups in total. The number of aromatic nitrogens is 4. The highest BCUT2D eigenvalue weighted by atomic mass is 31.2. The number of likely N-dealkylation sites (tertiary alicyclic amines) is 1. The van der Waals surface area contributed by atoms with Gasteiger partial charge in [0.2, 0.25) is 11.8 Å². The van der Waals surface area contributed by atoms with Gasteiger partial charge >= 0.3 is 0 Å². The maximum Gasteiger partial charge on any atom is 0.246 e. The van der Waals surface area contributed by atoms with Gasteiger partial charge in [-0.15, -0.1) is 0 Å². The van der Waals surface area contributed by atoms with E-state index in [0.29, 0.717) is 17.0 Å². The van der Waals surface area contributed by atoms with Crippen LogP contribution in [0.2, 0.25) is 0 Å². The zero-order chi connectivity index (χ0) is 17.6. The molecule has 0 radical (unpaired) electrons. The van der Waals surface area contributed by atoms with Crippen LogP contribution in [-0.4, -0.2) is 66.1 Å². The summed E-state index contributed by atoms with van der Waals surface area (Å²) in [5, 5.41) is -0.274. The number of imidazole rings is 1. The SMILES string of the molecule is COc1nc(N)nc2c1ncn2C1CCCN(CC2(P(O)O)CC2)C1. The minimum Gasteiger partial charge on any atom is -0.479 e. The second-order valence-corrected chi connectivity index (χ2v) is 8.49. The number of methoxy groups -OCH3 is 1. The van der Waals surface area contributed by atoms with E-state index in [1.807, 2.05) is 4.57 Å². The van der Waals surface area contributed by atoms with Crippen molar-refractivity contribution < 1.29 is 14.5 Å². The van der Waals surface area contributed by atoms with Crippen LogP contribution >= 0.6 is 8.38 Å². The fourth-order valence-electron chi connectivity index (χ4n) is 3.70. The summed E-state index contributed by atoms with van der Waals surface area (Å²) >= 11 is 0. The number of nitrogen functional groups attached to an aromatic ring is 1. The number of rotatable bonds is 5. The van der Waals surface area contributed by atoms with Crippen LogP contribution in [0.5, 0.6) is 5.88 Å². The van der Waals surface area contributed by atoms with Gasteiger partial charge in [-0.2, -0.15) is 9.97 Å². The molecule has 9 nitrogen and oxygen atoms in total. The molecule has 2 aliphatic rings. The van der Waals surface area contributed by atoms with Gasteiger partial charge in [0.15, 0.2) is 19.5 Å². The molecule has 3 heterocycles. The molecule has 25 heavy (non-hydrogen) atoms. The highest BCUT2D eigenvalue weighted by Gasteiger charge is 2.51. The zero-order valence-corrected chi connectivity index (χ0v) is 15.1. The summed E-state index contributed by atoms with van der Waals surface area (Å²) in [4.78, 5) is 34.5. The first-order chi connectivity index (χ1) is 12.0. The number of hydrogen-bond acceptors (Lipinski definition) is 8. The molecular formula is C15H23N6O3P. The number of anilines is 1. The predicted molar refractivity (Wildman–Crippen MR) is 94.3 cm³/mol. The van der Waals surface area contributed by atoms with Crippen LogP contribution in [0, 0.1) is 0 Å². The Kier molecular flexibility index (Phi) is 4.27. The van der Waals surface area contributed by atoms with Crippen LogP contribution in [-0.2, 0) is 0 Å². The van der Waals surface area contributed by atoms with Gasteiger partial charge in [-0.05, 0) is 32.2 Å². The number of fused-ring (bicyclic) bond motifs is 1. The molecule has 1 aliphatic carbocycles. The van der Waals surface area contributed by atoms with Crippen LogP contribution in [0.15, 0.2) is 6.33 Å². The lowest BCUT2D eigenvalue weighted by molar-refractivity contribution is 0.173. The minimum atomic E-state index is -1.87. The third-order valence-electron chi connectivity index (χ3n) is 5.24. The Bertz CT molecular complexity index is 778. The van der Waals surface area contributed by atoms with Crippen LogP contribution in [0.25, 0.3) is 11.2 Å². The Morgan fingerprint density at radius 1 is 1.40 bits per heavy atom. The maximum absolute atomic E-state index is 9.69. The normalized spacial score (nSPS) is 23.3. The van der Waals surface area contributed by atoms with E-state index in [9.17, 15) is 9.79 Å². The molecule has 0 spiro atoms. The Hall–Kier alpha value is -1.54. The van der Waals surface area contributed by atoms with E-state index in [1.165, 1.54) is 0 Å². The molecule has 2 aromatic heterocycles. The molecule has 1 saturated heterocycles. The highest BCUT2D eigenvalue weighted by molar-refractivity contribution is 7.47. The van der Waals surface area contributed by atoms with E-state index in [-0.39, 0.29) is 17.1 Å². The van der Waals surface area contributed by atoms with Crippen LogP contribution in [0.4, 0.5) is 5.95 Å². The van der Waals surface area contributed by atoms with Crippen molar-refractivity contribution in [1.82, 2.24) is 24.4 Å². The molecule has 1 aliphatic heterocycles. The van der Waals surface area contributed by atoms with Gasteiger partial charge in [-0.3, -0.25) is 0 Å². The largest absolute Gasteiger partial charge is 0.479 e. The third kappa shape index (κ3) is 3.06. The van der Waals surface area contributed by atoms with Crippen molar-refractivity contribution in [3.8, 4) is 5.88 Å². The summed E-state index contributed by atoms with van der Waals surface area (Å²) in [6.07, 6.45) is 5.65. The first-order valence-electron chi connectivity index (χ1n) is 8.47. The second-order valence-electron chi connectivity index (χ2n) is 6.96. The summed E-state index contributed by atoms with van der Waals surface area (Å²) in [7, 11) is -0.329. The van der Waals surface area contributed by atoms with Gasteiger partial charge in [0, 0.05) is 19.1 Å². The van der Waals surface area contributed by atoms with Crippen molar-refractivity contribution in [3.05, 3.63) is 6.33 Å². The van der Waals surface area contributed by atoms with Crippen molar-refractivity contribution in [2.24, 2.45) is 0 Å². The molecule has 0 bridgehead atoms. The summed E-state index contributed by atoms with van der Waals surface area (Å²) in [5.74, 6) is 0.555. The lowest BCUT2D eigenvalue weighted by atomic mass is 10.1. The van der Waals surface area contributed by atoms with Crippen molar-refractivity contribution in [3.63, 3.8) is 0 Å². The van der Waals surface area contributed by atoms with Gasteiger partial charge in [-0.1, -0.05) is 0 Å². The molecule has 1 atom stereocenters. The van der Waals surface area contributed by atoms with Crippen molar-refractivity contribution >= 4 is 25.5 Å². The van der Waals surface area contributed by atoms with Crippen molar-refractivity contribution in [2.75, 3.05) is 32.5 Å². The number of nitrogens with zero attached hydrogens (tertiary/aromatic N) is 5. The standard InChI is InChI=1S/C15H23N6O3P/c1-24-13-11-12(18-14(16)19-13)21(9-17-11)10-3-2-6-20(7-10)8-15(4-5-15)25(22)23/h9-10,22-23H,2-8H2,1H3,(H2,16,18,19). The molecule has 0 amide bonds. The van der Waals surface area contributed by atoms with E-state index < -0.39 is 8.38 Å². The summed E-state index contributed by atoms with van der Waals surface area (Å²) in [6.45, 7) is 2.56. The number of ether oxygens (including phenoxy) is 1. The number of hydrogen-bond donors (Lipinski definition) is 3. The van der Waals surface area contributed by atoms with Crippen LogP contribution in [0.3, 0.4) is 0 Å². The Morgan fingerprint density at radius 2 is 2.20 bits per heavy atom. The van der Waals surface area contributed by atoms with Crippen molar-refractivity contribution in [1.29, 1.82) is 0 Å². The summed E-state index contributed by atoms with van der Waals surface area (Å²) in [5.41, 5.74) is 7.10. The van der Waals surface area contributed by atoms with Crippen molar-refractivity contribution in [2.45, 2.75) is 36.9 Å². The number of piperidine rings is 1. The van der Waals surface area contributed by atoms with E-state index in [2.05, 4.69) is 19.9 Å². The minimum absolute atomic E-state index is 0.168. The maximum atomic E-state index is 9.69. The third-order valence-corrected chi connectivity index (χ3v) is 6.68. The monoisotopic (exact) mass is 366 g/mol. The van der Waals surface area contributed by atoms with Gasteiger partial charge in [0.1, 0.15) is 0 Å². The molecule has 4 rings (SSSR count). The Balaban J connectivity index is 1.57. The fraction of sp³-hybridized carbons (Fsp3) is 0.667. The molecule has 10 heteroatoms. The Morgan fingerprint density at radius 3 is 2.88 bits per heavy atom. The van der Waals surface area contributed by atoms with Crippen LogP contribution < -0.4 is 10.5 Å². The first kappa shape index (κ1) is 16.9. The second kappa shape index (κ2) is 6.32. The average Bonchev–Trinajstić information content (AvgIpc) is 3.26. The summed E-state index contributed by atoms with van der Waals surface area (Å²) in [6, 6.07) is 0.220. The predicted octanol–water partition coefficient (Wildman–Crippen LogP) is 0.883. The molecule has 1 saturated carbocycles. The highest BCUT2D eigenvalue weighted by Crippen LogP contribution is 2.59. The van der Waals surface area contributed by atoms with Gasteiger partial charge < -0.3 is 29.7 Å². The van der Waals surface area contributed by atoms with Gasteiger partial charge in [0.05, 0.1) is 18.6 Å². The lowest BCUT2D eigenvalue weighted by Crippen LogP contribution is -2.41. The van der Waals surface area contributed by atoms with E-state index in [0.717, 1.165) is 45.3 Å². The molecule has 1 unspecified atom stereocenters. The molecule has 136 valence electrons.